The van der Waals surface area contributed by atoms with E-state index in [-0.39, 0.29) is 5.91 Å². The van der Waals surface area contributed by atoms with Crippen LogP contribution in [-0.4, -0.2) is 22.9 Å². The summed E-state index contributed by atoms with van der Waals surface area (Å²) in [5.74, 6) is -1.99. The minimum Gasteiger partial charge on any atom is -0.273 e. The number of hydroxylamine groups is 1. The lowest BCUT2D eigenvalue weighted by Gasteiger charge is -2.29. The van der Waals surface area contributed by atoms with Crippen molar-refractivity contribution in [2.24, 2.45) is 5.92 Å². The van der Waals surface area contributed by atoms with Gasteiger partial charge < -0.3 is 0 Å². The number of hydrogen-bond donors (Lipinski definition) is 0. The van der Waals surface area contributed by atoms with E-state index in [1.165, 1.54) is 24.3 Å². The summed E-state index contributed by atoms with van der Waals surface area (Å²) in [5.41, 5.74) is 2.91. The van der Waals surface area contributed by atoms with E-state index in [9.17, 15) is 14.0 Å². The molecule has 2 saturated heterocycles. The Morgan fingerprint density at radius 2 is 1.63 bits per heavy atom. The second-order valence-corrected chi connectivity index (χ2v) is 7.38. The fourth-order valence-electron chi connectivity index (χ4n) is 4.18. The Bertz CT molecular complexity index is 1120. The molecule has 3 aromatic rings. The van der Waals surface area contributed by atoms with Gasteiger partial charge in [0.2, 0.25) is 5.91 Å². The minimum absolute atomic E-state index is 0.334. The molecule has 0 spiro atoms. The Morgan fingerprint density at radius 1 is 0.933 bits per heavy atom. The zero-order chi connectivity index (χ0) is 20.8. The molecule has 7 heteroatoms. The van der Waals surface area contributed by atoms with Gasteiger partial charge in [-0.15, -0.1) is 0 Å². The molecule has 0 bridgehead atoms. The molecule has 1 aromatic heterocycles. The minimum atomic E-state index is -0.958. The molecule has 0 saturated carbocycles. The highest BCUT2D eigenvalue weighted by atomic mass is 19.1. The van der Waals surface area contributed by atoms with Crippen LogP contribution in [0.4, 0.5) is 15.8 Å². The first-order valence-corrected chi connectivity index (χ1v) is 9.61. The van der Waals surface area contributed by atoms with Gasteiger partial charge in [0.05, 0.1) is 17.4 Å². The van der Waals surface area contributed by atoms with Gasteiger partial charge in [0.1, 0.15) is 11.7 Å². The van der Waals surface area contributed by atoms with Crippen molar-refractivity contribution in [2.45, 2.75) is 19.1 Å². The fraction of sp³-hybridized carbons (Fsp3) is 0.174. The van der Waals surface area contributed by atoms with Crippen molar-refractivity contribution in [3.05, 3.63) is 90.0 Å². The Labute approximate surface area is 172 Å². The molecule has 2 aliphatic rings. The molecule has 5 rings (SSSR count). The number of nitrogens with zero attached hydrogens (tertiary/aromatic N) is 3. The summed E-state index contributed by atoms with van der Waals surface area (Å²) in [6.45, 7) is 1.95. The fourth-order valence-corrected chi connectivity index (χ4v) is 4.18. The van der Waals surface area contributed by atoms with Crippen molar-refractivity contribution >= 4 is 23.2 Å². The van der Waals surface area contributed by atoms with Crippen LogP contribution in [0.2, 0.25) is 0 Å². The summed E-state index contributed by atoms with van der Waals surface area (Å²) < 4.78 is 13.3. The number of aryl methyl sites for hydroxylation is 1. The standard InChI is InChI=1S/C23H18FN3O3/c1-14-4-2-3-5-18(14)27-20(15-10-12-25-13-11-15)19-21(30-27)23(29)26(22(19)28)17-8-6-16(24)7-9-17/h2-13,19-21H,1H3/t19-,20+,21-/m1/s1. The predicted molar refractivity (Wildman–Crippen MR) is 108 cm³/mol. The number of hydrogen-bond acceptors (Lipinski definition) is 5. The normalized spacial score (nSPS) is 23.2. The molecule has 0 unspecified atom stereocenters. The molecule has 0 N–H and O–H groups in total. The van der Waals surface area contributed by atoms with Crippen LogP contribution in [0.3, 0.4) is 0 Å². The Hall–Kier alpha value is -3.58. The highest BCUT2D eigenvalue weighted by Gasteiger charge is 2.60. The average molecular weight is 403 g/mol. The first-order valence-electron chi connectivity index (χ1n) is 9.61. The Morgan fingerprint density at radius 3 is 2.33 bits per heavy atom. The molecule has 2 fully saturated rings. The summed E-state index contributed by atoms with van der Waals surface area (Å²) in [7, 11) is 0. The summed E-state index contributed by atoms with van der Waals surface area (Å²) >= 11 is 0. The van der Waals surface area contributed by atoms with E-state index in [0.717, 1.165) is 21.7 Å². The lowest BCUT2D eigenvalue weighted by molar-refractivity contribution is -0.126. The van der Waals surface area contributed by atoms with Crippen molar-refractivity contribution in [2.75, 3.05) is 9.96 Å². The molecule has 3 atom stereocenters. The van der Waals surface area contributed by atoms with Crippen LogP contribution in [0.15, 0.2) is 73.1 Å². The second-order valence-electron chi connectivity index (χ2n) is 7.38. The van der Waals surface area contributed by atoms with Crippen molar-refractivity contribution in [1.82, 2.24) is 4.98 Å². The second kappa shape index (κ2) is 7.03. The molecule has 30 heavy (non-hydrogen) atoms. The topological polar surface area (TPSA) is 62.7 Å². The van der Waals surface area contributed by atoms with E-state index in [0.29, 0.717) is 5.69 Å². The summed E-state index contributed by atoms with van der Waals surface area (Å²) in [4.78, 5) is 37.9. The van der Waals surface area contributed by atoms with E-state index in [2.05, 4.69) is 4.98 Å². The molecule has 2 aromatic carbocycles. The van der Waals surface area contributed by atoms with E-state index in [4.69, 9.17) is 4.84 Å². The molecular weight excluding hydrogens is 385 g/mol. The summed E-state index contributed by atoms with van der Waals surface area (Å²) in [6, 6.07) is 16.1. The number of amides is 2. The maximum atomic E-state index is 13.4. The van der Waals surface area contributed by atoms with Gasteiger partial charge in [-0.2, -0.15) is 0 Å². The number of rotatable bonds is 3. The molecule has 0 radical (unpaired) electrons. The van der Waals surface area contributed by atoms with Gasteiger partial charge in [-0.25, -0.2) is 14.4 Å². The number of para-hydroxylation sites is 1. The largest absolute Gasteiger partial charge is 0.273 e. The summed E-state index contributed by atoms with van der Waals surface area (Å²) in [6.07, 6.45) is 2.34. The van der Waals surface area contributed by atoms with E-state index in [1.54, 1.807) is 17.5 Å². The number of carbonyl (C=O) groups is 2. The molecule has 0 aliphatic carbocycles. The number of pyridine rings is 1. The van der Waals surface area contributed by atoms with Gasteiger partial charge in [0.15, 0.2) is 6.10 Å². The highest BCUT2D eigenvalue weighted by Crippen LogP contribution is 2.48. The van der Waals surface area contributed by atoms with E-state index < -0.39 is 29.8 Å². The van der Waals surface area contributed by atoms with Gasteiger partial charge >= 0.3 is 0 Å². The van der Waals surface area contributed by atoms with Crippen molar-refractivity contribution < 1.29 is 18.8 Å². The van der Waals surface area contributed by atoms with Crippen molar-refractivity contribution in [3.63, 3.8) is 0 Å². The average Bonchev–Trinajstić information content (AvgIpc) is 3.26. The van der Waals surface area contributed by atoms with Gasteiger partial charge in [0, 0.05) is 12.4 Å². The predicted octanol–water partition coefficient (Wildman–Crippen LogP) is 3.58. The first kappa shape index (κ1) is 18.4. The third kappa shape index (κ3) is 2.78. The number of benzene rings is 2. The molecule has 6 nitrogen and oxygen atoms in total. The zero-order valence-corrected chi connectivity index (χ0v) is 16.1. The SMILES string of the molecule is Cc1ccccc1N1O[C@H]2C(=O)N(c3ccc(F)cc3)C(=O)[C@@H]2[C@@H]1c1ccncc1. The van der Waals surface area contributed by atoms with Crippen LogP contribution in [-0.2, 0) is 14.4 Å². The first-order chi connectivity index (χ1) is 14.6. The van der Waals surface area contributed by atoms with E-state index >= 15 is 0 Å². The molecule has 2 amide bonds. The number of carbonyl (C=O) groups excluding carboxylic acids is 2. The maximum Gasteiger partial charge on any atom is 0.266 e. The van der Waals surface area contributed by atoms with Gasteiger partial charge in [-0.05, 0) is 60.5 Å². The van der Waals surface area contributed by atoms with Crippen LogP contribution in [0.25, 0.3) is 0 Å². The number of fused-ring (bicyclic) bond motifs is 1. The molecular formula is C23H18FN3O3. The number of imide groups is 1. The van der Waals surface area contributed by atoms with Crippen molar-refractivity contribution in [3.8, 4) is 0 Å². The van der Waals surface area contributed by atoms with Gasteiger partial charge in [-0.1, -0.05) is 18.2 Å². The van der Waals surface area contributed by atoms with Crippen LogP contribution in [0, 0.1) is 18.7 Å². The number of halogens is 1. The molecule has 2 aliphatic heterocycles. The Kier molecular flexibility index (Phi) is 4.33. The quantitative estimate of drug-likeness (QED) is 0.626. The third-order valence-corrected chi connectivity index (χ3v) is 5.60. The number of aromatic nitrogens is 1. The maximum absolute atomic E-state index is 13.4. The van der Waals surface area contributed by atoms with Gasteiger partial charge in [0.25, 0.3) is 5.91 Å². The van der Waals surface area contributed by atoms with Gasteiger partial charge in [-0.3, -0.25) is 19.4 Å². The van der Waals surface area contributed by atoms with E-state index in [1.807, 2.05) is 43.3 Å². The lowest BCUT2D eigenvalue weighted by Crippen LogP contribution is -2.37. The smallest absolute Gasteiger partial charge is 0.266 e. The highest BCUT2D eigenvalue weighted by molar-refractivity contribution is 6.23. The molecule has 150 valence electrons. The van der Waals surface area contributed by atoms with Crippen LogP contribution < -0.4 is 9.96 Å². The monoisotopic (exact) mass is 403 g/mol. The third-order valence-electron chi connectivity index (χ3n) is 5.60. The van der Waals surface area contributed by atoms with Crippen LogP contribution in [0.1, 0.15) is 17.2 Å². The zero-order valence-electron chi connectivity index (χ0n) is 16.1. The van der Waals surface area contributed by atoms with Crippen LogP contribution in [0.5, 0.6) is 0 Å². The Balaban J connectivity index is 1.59. The lowest BCUT2D eigenvalue weighted by atomic mass is 9.91. The van der Waals surface area contributed by atoms with Crippen LogP contribution >= 0.6 is 0 Å². The summed E-state index contributed by atoms with van der Waals surface area (Å²) in [5, 5.41) is 1.66. The van der Waals surface area contributed by atoms with Crippen molar-refractivity contribution in [1.29, 1.82) is 0 Å². The number of anilines is 2. The molecule has 3 heterocycles.